The third-order valence-electron chi connectivity index (χ3n) is 3.21. The molecule has 0 spiro atoms. The van der Waals surface area contributed by atoms with Crippen LogP contribution in [0.25, 0.3) is 0 Å². The van der Waals surface area contributed by atoms with E-state index in [2.05, 4.69) is 13.0 Å². The van der Waals surface area contributed by atoms with Crippen LogP contribution in [0.3, 0.4) is 0 Å². The van der Waals surface area contributed by atoms with E-state index in [1.54, 1.807) is 0 Å². The number of ether oxygens (including phenoxy) is 1. The summed E-state index contributed by atoms with van der Waals surface area (Å²) in [6, 6.07) is 0. The van der Waals surface area contributed by atoms with E-state index in [9.17, 15) is 4.79 Å². The monoisotopic (exact) mass is 180 g/mol. The summed E-state index contributed by atoms with van der Waals surface area (Å²) in [4.78, 5) is 11.1. The summed E-state index contributed by atoms with van der Waals surface area (Å²) in [6.07, 6.45) is 8.41. The number of carbonyl (C=O) groups excluding carboxylic acids is 1. The average Bonchev–Trinajstić information content (AvgIpc) is 2.28. The normalized spacial score (nSPS) is 34.2. The van der Waals surface area contributed by atoms with Gasteiger partial charge in [0.05, 0.1) is 0 Å². The molecule has 0 bridgehead atoms. The van der Waals surface area contributed by atoms with Gasteiger partial charge in [-0.2, -0.15) is 0 Å². The van der Waals surface area contributed by atoms with Crippen molar-refractivity contribution in [2.75, 3.05) is 0 Å². The lowest BCUT2D eigenvalue weighted by molar-refractivity contribution is -0.146. The smallest absolute Gasteiger partial charge is 0.310 e. The molecule has 0 N–H and O–H groups in total. The lowest BCUT2D eigenvalue weighted by atomic mass is 9.78. The molecule has 0 aromatic carbocycles. The fourth-order valence-corrected chi connectivity index (χ4v) is 2.23. The first-order chi connectivity index (χ1) is 6.21. The molecule has 0 saturated carbocycles. The molecule has 1 heterocycles. The van der Waals surface area contributed by atoms with Gasteiger partial charge in [0.2, 0.25) is 0 Å². The predicted octanol–water partition coefficient (Wildman–Crippen LogP) is 2.79. The molecular weight excluding hydrogens is 164 g/mol. The minimum Gasteiger partial charge on any atom is -0.431 e. The predicted molar refractivity (Wildman–Crippen MR) is 50.0 cm³/mol. The Morgan fingerprint density at radius 3 is 3.08 bits per heavy atom. The molecule has 1 aliphatic carbocycles. The Hall–Kier alpha value is -0.790. The van der Waals surface area contributed by atoms with Crippen molar-refractivity contribution in [2.24, 2.45) is 5.41 Å². The molecular formula is C11H16O2. The van der Waals surface area contributed by atoms with Crippen LogP contribution < -0.4 is 0 Å². The van der Waals surface area contributed by atoms with Gasteiger partial charge in [-0.15, -0.1) is 0 Å². The van der Waals surface area contributed by atoms with Crippen LogP contribution in [0.15, 0.2) is 11.8 Å². The zero-order chi connectivity index (χ0) is 9.31. The van der Waals surface area contributed by atoms with Crippen LogP contribution in [0, 0.1) is 5.41 Å². The Morgan fingerprint density at radius 2 is 2.23 bits per heavy atom. The first-order valence-corrected chi connectivity index (χ1v) is 5.12. The van der Waals surface area contributed by atoms with Crippen molar-refractivity contribution in [3.8, 4) is 0 Å². The molecule has 1 saturated heterocycles. The Bertz CT molecular complexity index is 255. The van der Waals surface area contributed by atoms with Crippen LogP contribution in [0.4, 0.5) is 0 Å². The van der Waals surface area contributed by atoms with Crippen molar-refractivity contribution in [1.29, 1.82) is 0 Å². The molecule has 0 aromatic rings. The average molecular weight is 180 g/mol. The van der Waals surface area contributed by atoms with E-state index in [4.69, 9.17) is 4.74 Å². The number of fused-ring (bicyclic) bond motifs is 1. The molecule has 0 aromatic heterocycles. The molecule has 72 valence electrons. The molecule has 1 aliphatic heterocycles. The van der Waals surface area contributed by atoms with Gasteiger partial charge < -0.3 is 4.74 Å². The summed E-state index contributed by atoms with van der Waals surface area (Å²) in [7, 11) is 0. The summed E-state index contributed by atoms with van der Waals surface area (Å²) in [5.41, 5.74) is 0.157. The molecule has 0 radical (unpaired) electrons. The van der Waals surface area contributed by atoms with Gasteiger partial charge in [0.25, 0.3) is 0 Å². The number of hydrogen-bond donors (Lipinski definition) is 0. The maximum atomic E-state index is 11.1. The zero-order valence-corrected chi connectivity index (χ0v) is 8.14. The second-order valence-electron chi connectivity index (χ2n) is 4.35. The van der Waals surface area contributed by atoms with Gasteiger partial charge in [-0.1, -0.05) is 13.3 Å². The number of rotatable bonds is 0. The van der Waals surface area contributed by atoms with Crippen molar-refractivity contribution in [2.45, 2.75) is 45.4 Å². The van der Waals surface area contributed by atoms with Gasteiger partial charge in [-0.3, -0.25) is 4.79 Å². The first kappa shape index (κ1) is 8.79. The highest BCUT2D eigenvalue weighted by molar-refractivity contribution is 5.72. The van der Waals surface area contributed by atoms with Crippen LogP contribution in [0.2, 0.25) is 0 Å². The Kier molecular flexibility index (Phi) is 2.14. The lowest BCUT2D eigenvalue weighted by Crippen LogP contribution is -2.28. The van der Waals surface area contributed by atoms with E-state index in [-0.39, 0.29) is 11.4 Å². The maximum Gasteiger partial charge on any atom is 0.310 e. The Labute approximate surface area is 79.0 Å². The maximum absolute atomic E-state index is 11.1. The fraction of sp³-hybridized carbons (Fsp3) is 0.727. The van der Waals surface area contributed by atoms with E-state index in [1.165, 1.54) is 19.3 Å². The summed E-state index contributed by atoms with van der Waals surface area (Å²) in [5.74, 6) is 0.895. The molecule has 2 heteroatoms. The van der Waals surface area contributed by atoms with Gasteiger partial charge >= 0.3 is 5.97 Å². The zero-order valence-electron chi connectivity index (χ0n) is 8.14. The van der Waals surface area contributed by atoms with Crippen molar-refractivity contribution < 1.29 is 9.53 Å². The molecule has 1 fully saturated rings. The number of allylic oxidation sites excluding steroid dienone is 2. The van der Waals surface area contributed by atoms with Crippen LogP contribution in [-0.4, -0.2) is 5.97 Å². The minimum atomic E-state index is -0.0503. The number of carbonyl (C=O) groups is 1. The topological polar surface area (TPSA) is 26.3 Å². The van der Waals surface area contributed by atoms with Crippen LogP contribution >= 0.6 is 0 Å². The number of esters is 1. The second-order valence-corrected chi connectivity index (χ2v) is 4.35. The third kappa shape index (κ3) is 1.62. The second kappa shape index (κ2) is 3.17. The molecule has 1 atom stereocenters. The molecule has 2 rings (SSSR count). The van der Waals surface area contributed by atoms with E-state index < -0.39 is 0 Å². The van der Waals surface area contributed by atoms with Crippen molar-refractivity contribution >= 4 is 5.97 Å². The van der Waals surface area contributed by atoms with Crippen molar-refractivity contribution in [3.63, 3.8) is 0 Å². The Morgan fingerprint density at radius 1 is 1.38 bits per heavy atom. The quantitative estimate of drug-likeness (QED) is 0.536. The first-order valence-electron chi connectivity index (χ1n) is 5.12. The molecule has 13 heavy (non-hydrogen) atoms. The third-order valence-corrected chi connectivity index (χ3v) is 3.21. The van der Waals surface area contributed by atoms with Crippen molar-refractivity contribution in [1.82, 2.24) is 0 Å². The van der Waals surface area contributed by atoms with Crippen LogP contribution in [-0.2, 0) is 9.53 Å². The fourth-order valence-electron chi connectivity index (χ4n) is 2.23. The molecule has 2 aliphatic rings. The van der Waals surface area contributed by atoms with E-state index in [1.807, 2.05) is 0 Å². The van der Waals surface area contributed by atoms with E-state index in [0.717, 1.165) is 18.6 Å². The van der Waals surface area contributed by atoms with Gasteiger partial charge in [0.1, 0.15) is 5.76 Å². The standard InChI is InChI=1S/C11H16O2/c1-11-7-4-2-3-5-9(11)13-10(12)6-8-11/h5H,2-4,6-8H2,1H3. The molecule has 2 nitrogen and oxygen atoms in total. The van der Waals surface area contributed by atoms with Gasteiger partial charge in [0, 0.05) is 11.8 Å². The highest BCUT2D eigenvalue weighted by atomic mass is 16.5. The van der Waals surface area contributed by atoms with Gasteiger partial charge in [-0.25, -0.2) is 0 Å². The van der Waals surface area contributed by atoms with Gasteiger partial charge in [0.15, 0.2) is 0 Å². The van der Waals surface area contributed by atoms with E-state index >= 15 is 0 Å². The SMILES string of the molecule is CC12CCCCC=C1OC(=O)CC2. The summed E-state index contributed by atoms with van der Waals surface area (Å²) >= 11 is 0. The lowest BCUT2D eigenvalue weighted by Gasteiger charge is -2.34. The van der Waals surface area contributed by atoms with Crippen LogP contribution in [0.5, 0.6) is 0 Å². The number of hydrogen-bond acceptors (Lipinski definition) is 2. The highest BCUT2D eigenvalue weighted by Gasteiger charge is 2.36. The molecule has 0 amide bonds. The Balaban J connectivity index is 2.23. The largest absolute Gasteiger partial charge is 0.431 e. The summed E-state index contributed by atoms with van der Waals surface area (Å²) < 4.78 is 5.30. The summed E-state index contributed by atoms with van der Waals surface area (Å²) in [5, 5.41) is 0. The minimum absolute atomic E-state index is 0.0503. The van der Waals surface area contributed by atoms with Gasteiger partial charge in [-0.05, 0) is 31.8 Å². The summed E-state index contributed by atoms with van der Waals surface area (Å²) in [6.45, 7) is 2.22. The molecule has 1 unspecified atom stereocenters. The van der Waals surface area contributed by atoms with Crippen LogP contribution in [0.1, 0.15) is 45.4 Å². The highest BCUT2D eigenvalue weighted by Crippen LogP contribution is 2.43. The van der Waals surface area contributed by atoms with Crippen molar-refractivity contribution in [3.05, 3.63) is 11.8 Å². The van der Waals surface area contributed by atoms with E-state index in [0.29, 0.717) is 6.42 Å².